The third-order valence-electron chi connectivity index (χ3n) is 2.55. The highest BCUT2D eigenvalue weighted by Crippen LogP contribution is 2.11. The standard InChI is InChI=1S/C13H28O5Si2/c1-6-16-20(17-7-2,18-8-3)19-11-9-10-15-13(14)12(4)5/h4,6-11,19H2,1-3,5H3. The van der Waals surface area contributed by atoms with Crippen molar-refractivity contribution in [3.8, 4) is 0 Å². The van der Waals surface area contributed by atoms with Crippen molar-refractivity contribution in [3.05, 3.63) is 12.2 Å². The Kier molecular flexibility index (Phi) is 10.9. The van der Waals surface area contributed by atoms with Crippen LogP contribution in [0.5, 0.6) is 0 Å². The van der Waals surface area contributed by atoms with E-state index in [4.69, 9.17) is 18.0 Å². The molecule has 118 valence electrons. The molecule has 0 aromatic carbocycles. The van der Waals surface area contributed by atoms with Crippen LogP contribution in [-0.2, 0) is 22.8 Å². The van der Waals surface area contributed by atoms with Crippen LogP contribution in [0.4, 0.5) is 0 Å². The normalized spacial score (nSPS) is 12.0. The number of esters is 1. The fourth-order valence-corrected chi connectivity index (χ4v) is 9.81. The topological polar surface area (TPSA) is 54.0 Å². The molecule has 0 aliphatic carbocycles. The molecule has 7 heteroatoms. The zero-order chi connectivity index (χ0) is 15.4. The minimum Gasteiger partial charge on any atom is -0.462 e. The van der Waals surface area contributed by atoms with Crippen molar-refractivity contribution in [1.82, 2.24) is 0 Å². The number of carbonyl (C=O) groups excluding carboxylic acids is 1. The molecule has 0 aromatic rings. The van der Waals surface area contributed by atoms with Gasteiger partial charge in [0.1, 0.15) is 9.04 Å². The van der Waals surface area contributed by atoms with Crippen LogP contribution < -0.4 is 0 Å². The summed E-state index contributed by atoms with van der Waals surface area (Å²) >= 11 is 0. The van der Waals surface area contributed by atoms with Gasteiger partial charge in [0, 0.05) is 25.4 Å². The summed E-state index contributed by atoms with van der Waals surface area (Å²) < 4.78 is 22.5. The molecular weight excluding hydrogens is 292 g/mol. The first-order valence-electron chi connectivity index (χ1n) is 7.25. The lowest BCUT2D eigenvalue weighted by atomic mass is 10.4. The third-order valence-corrected chi connectivity index (χ3v) is 10.9. The molecule has 0 aliphatic rings. The molecular formula is C13H28O5Si2. The summed E-state index contributed by atoms with van der Waals surface area (Å²) in [5.74, 6) is -0.324. The molecule has 0 atom stereocenters. The summed E-state index contributed by atoms with van der Waals surface area (Å²) in [6.45, 7) is 13.3. The van der Waals surface area contributed by atoms with Gasteiger partial charge >= 0.3 is 14.3 Å². The minimum atomic E-state index is -2.41. The molecule has 0 fully saturated rings. The Morgan fingerprint density at radius 3 is 2.00 bits per heavy atom. The highest BCUT2D eigenvalue weighted by Gasteiger charge is 2.39. The van der Waals surface area contributed by atoms with Crippen LogP contribution in [0.1, 0.15) is 34.1 Å². The van der Waals surface area contributed by atoms with Gasteiger partial charge in [-0.2, -0.15) is 0 Å². The van der Waals surface area contributed by atoms with Gasteiger partial charge in [-0.1, -0.05) is 12.6 Å². The average molecular weight is 321 g/mol. The summed E-state index contributed by atoms with van der Waals surface area (Å²) in [7, 11) is -3.03. The lowest BCUT2D eigenvalue weighted by Crippen LogP contribution is -2.52. The molecule has 0 N–H and O–H groups in total. The molecule has 0 spiro atoms. The van der Waals surface area contributed by atoms with E-state index in [2.05, 4.69) is 6.58 Å². The van der Waals surface area contributed by atoms with Crippen LogP contribution in [-0.4, -0.2) is 49.8 Å². The SMILES string of the molecule is C=C(C)C(=O)OCCC[SiH2][Si](OCC)(OCC)OCC. The quantitative estimate of drug-likeness (QED) is 0.237. The van der Waals surface area contributed by atoms with Crippen LogP contribution in [0.2, 0.25) is 6.04 Å². The molecule has 0 bridgehead atoms. The minimum absolute atomic E-state index is 0.324. The first-order valence-corrected chi connectivity index (χ1v) is 12.3. The van der Waals surface area contributed by atoms with Crippen LogP contribution in [0, 0.1) is 0 Å². The number of carbonyl (C=O) groups is 1. The van der Waals surface area contributed by atoms with Crippen molar-refractivity contribution in [2.24, 2.45) is 0 Å². The van der Waals surface area contributed by atoms with Gasteiger partial charge in [0.2, 0.25) is 0 Å². The molecule has 0 aliphatic heterocycles. The van der Waals surface area contributed by atoms with Crippen LogP contribution in [0.15, 0.2) is 12.2 Å². The molecule has 5 nitrogen and oxygen atoms in total. The highest BCUT2D eigenvalue weighted by atomic mass is 29.2. The molecule has 0 amide bonds. The number of rotatable bonds is 12. The lowest BCUT2D eigenvalue weighted by Gasteiger charge is -2.28. The molecule has 20 heavy (non-hydrogen) atoms. The van der Waals surface area contributed by atoms with Gasteiger partial charge in [0.25, 0.3) is 0 Å². The fraction of sp³-hybridized carbons (Fsp3) is 0.769. The molecule has 0 unspecified atom stereocenters. The second-order valence-corrected chi connectivity index (χ2v) is 11.9. The Labute approximate surface area is 125 Å². The Hall–Kier alpha value is -0.476. The first kappa shape index (κ1) is 19.5. The maximum atomic E-state index is 11.2. The predicted octanol–water partition coefficient (Wildman–Crippen LogP) is 1.63. The largest absolute Gasteiger partial charge is 0.462 e. The number of hydrogen-bond donors (Lipinski definition) is 0. The molecule has 0 rings (SSSR count). The maximum Gasteiger partial charge on any atom is 0.462 e. The van der Waals surface area contributed by atoms with Crippen molar-refractivity contribution < 1.29 is 22.8 Å². The van der Waals surface area contributed by atoms with Gasteiger partial charge in [-0.3, -0.25) is 0 Å². The van der Waals surface area contributed by atoms with Crippen molar-refractivity contribution in [2.75, 3.05) is 26.4 Å². The third kappa shape index (κ3) is 7.96. The molecule has 0 aromatic heterocycles. The second-order valence-electron chi connectivity index (χ2n) is 4.36. The zero-order valence-electron chi connectivity index (χ0n) is 13.2. The lowest BCUT2D eigenvalue weighted by molar-refractivity contribution is -0.138. The van der Waals surface area contributed by atoms with Gasteiger partial charge in [-0.25, -0.2) is 4.79 Å². The Morgan fingerprint density at radius 2 is 1.60 bits per heavy atom. The van der Waals surface area contributed by atoms with E-state index in [0.717, 1.165) is 12.5 Å². The predicted molar refractivity (Wildman–Crippen MR) is 84.4 cm³/mol. The summed E-state index contributed by atoms with van der Waals surface area (Å²) in [6, 6.07) is 0.982. The van der Waals surface area contributed by atoms with Crippen molar-refractivity contribution in [3.63, 3.8) is 0 Å². The first-order chi connectivity index (χ1) is 9.51. The second kappa shape index (κ2) is 11.2. The van der Waals surface area contributed by atoms with E-state index in [1.54, 1.807) is 6.92 Å². The van der Waals surface area contributed by atoms with Crippen LogP contribution in [0.25, 0.3) is 0 Å². The Morgan fingerprint density at radius 1 is 1.10 bits per heavy atom. The number of hydrogen-bond acceptors (Lipinski definition) is 5. The van der Waals surface area contributed by atoms with E-state index in [1.165, 1.54) is 0 Å². The Bertz CT molecular complexity index is 279. The maximum absolute atomic E-state index is 11.2. The zero-order valence-corrected chi connectivity index (χ0v) is 15.6. The van der Waals surface area contributed by atoms with Gasteiger partial charge in [0.15, 0.2) is 0 Å². The average Bonchev–Trinajstić information content (AvgIpc) is 2.39. The summed E-state index contributed by atoms with van der Waals surface area (Å²) in [5.41, 5.74) is 0.434. The van der Waals surface area contributed by atoms with E-state index in [-0.39, 0.29) is 5.97 Å². The molecule has 0 radical (unpaired) electrons. The van der Waals surface area contributed by atoms with Gasteiger partial charge in [0.05, 0.1) is 6.61 Å². The van der Waals surface area contributed by atoms with E-state index in [1.807, 2.05) is 20.8 Å². The smallest absolute Gasteiger partial charge is 0.462 e. The van der Waals surface area contributed by atoms with Crippen LogP contribution in [0.3, 0.4) is 0 Å². The number of ether oxygens (including phenoxy) is 1. The van der Waals surface area contributed by atoms with Gasteiger partial charge in [-0.05, 0) is 34.1 Å². The Balaban J connectivity index is 4.12. The van der Waals surface area contributed by atoms with Crippen molar-refractivity contribution in [1.29, 1.82) is 0 Å². The van der Waals surface area contributed by atoms with Gasteiger partial charge < -0.3 is 18.0 Å². The van der Waals surface area contributed by atoms with Gasteiger partial charge in [-0.15, -0.1) is 0 Å². The van der Waals surface area contributed by atoms with Crippen molar-refractivity contribution >= 4 is 23.3 Å². The van der Waals surface area contributed by atoms with E-state index >= 15 is 0 Å². The molecule has 0 saturated carbocycles. The van der Waals surface area contributed by atoms with E-state index in [0.29, 0.717) is 32.0 Å². The summed E-state index contributed by atoms with van der Waals surface area (Å²) in [5, 5.41) is 0. The van der Waals surface area contributed by atoms with E-state index < -0.39 is 17.4 Å². The van der Waals surface area contributed by atoms with Crippen LogP contribution >= 0.6 is 0 Å². The molecule has 0 heterocycles. The summed E-state index contributed by atoms with van der Waals surface area (Å²) in [4.78, 5) is 11.2. The summed E-state index contributed by atoms with van der Waals surface area (Å²) in [6.07, 6.45) is 0.827. The van der Waals surface area contributed by atoms with E-state index in [9.17, 15) is 4.79 Å². The molecule has 0 saturated heterocycles. The monoisotopic (exact) mass is 320 g/mol. The van der Waals surface area contributed by atoms with Crippen molar-refractivity contribution in [2.45, 2.75) is 40.2 Å². The highest BCUT2D eigenvalue weighted by molar-refractivity contribution is 7.14. The fourth-order valence-electron chi connectivity index (χ4n) is 1.73.